The van der Waals surface area contributed by atoms with Crippen LogP contribution in [-0.4, -0.2) is 12.1 Å². The van der Waals surface area contributed by atoms with Gasteiger partial charge in [0.05, 0.1) is 0 Å². The predicted octanol–water partition coefficient (Wildman–Crippen LogP) is 3.32. The van der Waals surface area contributed by atoms with E-state index in [1.807, 2.05) is 0 Å². The van der Waals surface area contributed by atoms with Crippen LogP contribution in [0.2, 0.25) is 0 Å². The van der Waals surface area contributed by atoms with Crippen molar-refractivity contribution in [2.75, 3.05) is 0 Å². The summed E-state index contributed by atoms with van der Waals surface area (Å²) in [6.07, 6.45) is 6.44. The summed E-state index contributed by atoms with van der Waals surface area (Å²) < 4.78 is 5.54. The van der Waals surface area contributed by atoms with Crippen molar-refractivity contribution in [1.82, 2.24) is 0 Å². The number of rotatable bonds is 4. The van der Waals surface area contributed by atoms with Crippen molar-refractivity contribution in [2.45, 2.75) is 52.1 Å². The van der Waals surface area contributed by atoms with E-state index in [4.69, 9.17) is 4.74 Å². The van der Waals surface area contributed by atoms with Gasteiger partial charge in [-0.1, -0.05) is 26.3 Å². The van der Waals surface area contributed by atoms with Crippen molar-refractivity contribution in [2.24, 2.45) is 17.8 Å². The molecule has 4 atom stereocenters. The average Bonchev–Trinajstić information content (AvgIpc) is 2.77. The second kappa shape index (κ2) is 4.60. The van der Waals surface area contributed by atoms with E-state index in [0.29, 0.717) is 11.5 Å². The van der Waals surface area contributed by atoms with Crippen LogP contribution in [-0.2, 0) is 9.53 Å². The molecule has 0 N–H and O–H groups in total. The van der Waals surface area contributed by atoms with Gasteiger partial charge in [0.2, 0.25) is 0 Å². The minimum Gasteiger partial charge on any atom is -0.459 e. The largest absolute Gasteiger partial charge is 0.459 e. The van der Waals surface area contributed by atoms with E-state index in [1.165, 1.54) is 25.7 Å². The number of carbonyl (C=O) groups is 1. The summed E-state index contributed by atoms with van der Waals surface area (Å²) in [5.41, 5.74) is 0.523. The first-order valence-corrected chi connectivity index (χ1v) is 6.48. The molecule has 0 spiro atoms. The van der Waals surface area contributed by atoms with Gasteiger partial charge in [0, 0.05) is 5.57 Å². The Morgan fingerprint density at radius 3 is 2.69 bits per heavy atom. The zero-order valence-corrected chi connectivity index (χ0v) is 10.4. The van der Waals surface area contributed by atoms with Crippen molar-refractivity contribution in [3.63, 3.8) is 0 Å². The molecule has 90 valence electrons. The molecule has 0 aromatic carbocycles. The Bertz CT molecular complexity index is 295. The molecule has 2 saturated carbocycles. The van der Waals surface area contributed by atoms with Crippen LogP contribution in [0.25, 0.3) is 0 Å². The smallest absolute Gasteiger partial charge is 0.333 e. The molecule has 0 radical (unpaired) electrons. The van der Waals surface area contributed by atoms with Crippen molar-refractivity contribution in [1.29, 1.82) is 0 Å². The molecular formula is C14H22O2. The molecule has 4 unspecified atom stereocenters. The Balaban J connectivity index is 1.93. The summed E-state index contributed by atoms with van der Waals surface area (Å²) in [6, 6.07) is 0. The third kappa shape index (κ3) is 2.16. The molecular weight excluding hydrogens is 200 g/mol. The van der Waals surface area contributed by atoms with Crippen LogP contribution in [0, 0.1) is 17.8 Å². The maximum absolute atomic E-state index is 11.5. The standard InChI is InChI=1S/C14H22O2/c1-4-5-11-6-10-7-12(11)13(8-10)16-14(15)9(2)3/h10-13H,2,4-8H2,1,3H3. The molecule has 2 bridgehead atoms. The Morgan fingerprint density at radius 2 is 2.12 bits per heavy atom. The molecule has 16 heavy (non-hydrogen) atoms. The van der Waals surface area contributed by atoms with E-state index in [2.05, 4.69) is 13.5 Å². The van der Waals surface area contributed by atoms with Gasteiger partial charge >= 0.3 is 5.97 Å². The van der Waals surface area contributed by atoms with E-state index in [0.717, 1.165) is 18.3 Å². The maximum atomic E-state index is 11.5. The molecule has 2 aliphatic carbocycles. The van der Waals surface area contributed by atoms with Gasteiger partial charge in [-0.15, -0.1) is 0 Å². The molecule has 2 nitrogen and oxygen atoms in total. The molecule has 0 amide bonds. The van der Waals surface area contributed by atoms with Gasteiger partial charge in [-0.25, -0.2) is 4.79 Å². The molecule has 2 rings (SSSR count). The number of ether oxygens (including phenoxy) is 1. The maximum Gasteiger partial charge on any atom is 0.333 e. The quantitative estimate of drug-likeness (QED) is 0.539. The molecule has 0 aromatic rings. The summed E-state index contributed by atoms with van der Waals surface area (Å²) in [4.78, 5) is 11.5. The highest BCUT2D eigenvalue weighted by Gasteiger charge is 2.47. The second-order valence-corrected chi connectivity index (χ2v) is 5.51. The lowest BCUT2D eigenvalue weighted by Gasteiger charge is -2.29. The van der Waals surface area contributed by atoms with Crippen molar-refractivity contribution < 1.29 is 9.53 Å². The molecule has 2 heteroatoms. The van der Waals surface area contributed by atoms with Gasteiger partial charge in [0.1, 0.15) is 6.10 Å². The minimum atomic E-state index is -0.201. The summed E-state index contributed by atoms with van der Waals surface area (Å²) in [7, 11) is 0. The molecule has 2 fully saturated rings. The van der Waals surface area contributed by atoms with E-state index in [9.17, 15) is 4.79 Å². The zero-order valence-electron chi connectivity index (χ0n) is 10.4. The zero-order chi connectivity index (χ0) is 11.7. The second-order valence-electron chi connectivity index (χ2n) is 5.51. The van der Waals surface area contributed by atoms with Crippen LogP contribution in [0.1, 0.15) is 46.0 Å². The predicted molar refractivity (Wildman–Crippen MR) is 63.9 cm³/mol. The Hall–Kier alpha value is -0.790. The van der Waals surface area contributed by atoms with E-state index >= 15 is 0 Å². The SMILES string of the molecule is C=C(C)C(=O)OC1CC2CC(CCC)C1C2. The van der Waals surface area contributed by atoms with E-state index in [-0.39, 0.29) is 12.1 Å². The molecule has 0 aliphatic heterocycles. The fraction of sp³-hybridized carbons (Fsp3) is 0.786. The number of carbonyl (C=O) groups excluding carboxylic acids is 1. The number of hydrogen-bond acceptors (Lipinski definition) is 2. The molecule has 0 saturated heterocycles. The third-order valence-electron chi connectivity index (χ3n) is 4.16. The molecule has 0 heterocycles. The van der Waals surface area contributed by atoms with Crippen LogP contribution >= 0.6 is 0 Å². The van der Waals surface area contributed by atoms with Crippen LogP contribution < -0.4 is 0 Å². The third-order valence-corrected chi connectivity index (χ3v) is 4.16. The lowest BCUT2D eigenvalue weighted by molar-refractivity contribution is -0.147. The monoisotopic (exact) mass is 222 g/mol. The summed E-state index contributed by atoms with van der Waals surface area (Å²) in [5.74, 6) is 2.04. The number of hydrogen-bond donors (Lipinski definition) is 0. The fourth-order valence-corrected chi connectivity index (χ4v) is 3.50. The van der Waals surface area contributed by atoms with Gasteiger partial charge in [0.15, 0.2) is 0 Å². The van der Waals surface area contributed by atoms with Crippen LogP contribution in [0.3, 0.4) is 0 Å². The average molecular weight is 222 g/mol. The van der Waals surface area contributed by atoms with Crippen molar-refractivity contribution in [3.8, 4) is 0 Å². The summed E-state index contributed by atoms with van der Waals surface area (Å²) >= 11 is 0. The van der Waals surface area contributed by atoms with Crippen molar-refractivity contribution >= 4 is 5.97 Å². The van der Waals surface area contributed by atoms with Gasteiger partial charge in [-0.3, -0.25) is 0 Å². The fourth-order valence-electron chi connectivity index (χ4n) is 3.50. The van der Waals surface area contributed by atoms with Crippen LogP contribution in [0.5, 0.6) is 0 Å². The normalized spacial score (nSPS) is 36.4. The summed E-state index contributed by atoms with van der Waals surface area (Å²) in [6.45, 7) is 7.60. The highest BCUT2D eigenvalue weighted by molar-refractivity contribution is 5.87. The van der Waals surface area contributed by atoms with Gasteiger partial charge < -0.3 is 4.74 Å². The number of fused-ring (bicyclic) bond motifs is 2. The topological polar surface area (TPSA) is 26.3 Å². The minimum absolute atomic E-state index is 0.180. The van der Waals surface area contributed by atoms with Crippen LogP contribution in [0.15, 0.2) is 12.2 Å². The molecule has 2 aliphatic rings. The highest BCUT2D eigenvalue weighted by Crippen LogP contribution is 2.51. The highest BCUT2D eigenvalue weighted by atomic mass is 16.5. The van der Waals surface area contributed by atoms with E-state index in [1.54, 1.807) is 6.92 Å². The number of esters is 1. The van der Waals surface area contributed by atoms with E-state index < -0.39 is 0 Å². The lowest BCUT2D eigenvalue weighted by atomic mass is 9.84. The summed E-state index contributed by atoms with van der Waals surface area (Å²) in [5, 5.41) is 0. The van der Waals surface area contributed by atoms with Crippen molar-refractivity contribution in [3.05, 3.63) is 12.2 Å². The first kappa shape index (κ1) is 11.7. The first-order valence-electron chi connectivity index (χ1n) is 6.48. The van der Waals surface area contributed by atoms with Crippen LogP contribution in [0.4, 0.5) is 0 Å². The Morgan fingerprint density at radius 1 is 1.38 bits per heavy atom. The lowest BCUT2D eigenvalue weighted by Crippen LogP contribution is -2.29. The first-order chi connectivity index (χ1) is 7.61. The Kier molecular flexibility index (Phi) is 3.36. The van der Waals surface area contributed by atoms with Gasteiger partial charge in [-0.05, 0) is 43.9 Å². The van der Waals surface area contributed by atoms with Gasteiger partial charge in [0.25, 0.3) is 0 Å². The molecule has 0 aromatic heterocycles. The van der Waals surface area contributed by atoms with Gasteiger partial charge in [-0.2, -0.15) is 0 Å². The Labute approximate surface area is 98.1 Å².